The molecule has 0 unspecified atom stereocenters. The van der Waals surface area contributed by atoms with Crippen LogP contribution in [0, 0.1) is 0 Å². The van der Waals surface area contributed by atoms with Crippen molar-refractivity contribution >= 4 is 34.2 Å². The lowest BCUT2D eigenvalue weighted by Crippen LogP contribution is -2.13. The second-order valence-electron chi connectivity index (χ2n) is 5.02. The fourth-order valence-electron chi connectivity index (χ4n) is 2.29. The van der Waals surface area contributed by atoms with E-state index in [0.29, 0.717) is 28.0 Å². The van der Waals surface area contributed by atoms with Crippen molar-refractivity contribution in [3.63, 3.8) is 0 Å². The van der Waals surface area contributed by atoms with Crippen LogP contribution >= 0.6 is 0 Å². The van der Waals surface area contributed by atoms with E-state index in [4.69, 9.17) is 0 Å². The molecule has 23 heavy (non-hydrogen) atoms. The van der Waals surface area contributed by atoms with Crippen molar-refractivity contribution in [1.29, 1.82) is 0 Å². The molecule has 0 aliphatic carbocycles. The second kappa shape index (κ2) is 5.80. The van der Waals surface area contributed by atoms with Crippen LogP contribution in [0.1, 0.15) is 17.3 Å². The molecule has 116 valence electrons. The van der Waals surface area contributed by atoms with Gasteiger partial charge in [-0.05, 0) is 36.4 Å². The molecule has 0 aliphatic rings. The molecule has 0 saturated heterocycles. The van der Waals surface area contributed by atoms with E-state index >= 15 is 0 Å². The molecule has 3 aromatic rings. The van der Waals surface area contributed by atoms with E-state index in [9.17, 15) is 14.4 Å². The number of H-pyrrole nitrogens is 2. The van der Waals surface area contributed by atoms with E-state index in [1.807, 2.05) is 0 Å². The van der Waals surface area contributed by atoms with Crippen LogP contribution in [0.2, 0.25) is 0 Å². The van der Waals surface area contributed by atoms with Crippen molar-refractivity contribution in [2.24, 2.45) is 0 Å². The number of benzene rings is 2. The summed E-state index contributed by atoms with van der Waals surface area (Å²) in [5.41, 5.74) is 2.27. The lowest BCUT2D eigenvalue weighted by atomic mass is 10.1. The van der Waals surface area contributed by atoms with Gasteiger partial charge in [0.1, 0.15) is 0 Å². The fraction of sp³-hybridized carbons (Fsp3) is 0.0625. The van der Waals surface area contributed by atoms with Gasteiger partial charge >= 0.3 is 5.69 Å². The van der Waals surface area contributed by atoms with Crippen molar-refractivity contribution in [2.75, 3.05) is 10.6 Å². The molecule has 0 fully saturated rings. The molecule has 4 N–H and O–H groups in total. The van der Waals surface area contributed by atoms with Gasteiger partial charge in [0.15, 0.2) is 0 Å². The highest BCUT2D eigenvalue weighted by Gasteiger charge is 2.12. The average molecular weight is 310 g/mol. The number of imidazole rings is 1. The van der Waals surface area contributed by atoms with E-state index in [-0.39, 0.29) is 17.5 Å². The summed E-state index contributed by atoms with van der Waals surface area (Å²) < 4.78 is 0. The van der Waals surface area contributed by atoms with Crippen LogP contribution in [0.3, 0.4) is 0 Å². The van der Waals surface area contributed by atoms with Gasteiger partial charge in [-0.2, -0.15) is 0 Å². The number of aromatic amines is 2. The van der Waals surface area contributed by atoms with Gasteiger partial charge in [0.2, 0.25) is 5.91 Å². The van der Waals surface area contributed by atoms with Gasteiger partial charge in [0.25, 0.3) is 5.91 Å². The molecule has 7 nitrogen and oxygen atoms in total. The van der Waals surface area contributed by atoms with Crippen LogP contribution in [-0.2, 0) is 4.79 Å². The first kappa shape index (κ1) is 14.6. The van der Waals surface area contributed by atoms with Gasteiger partial charge in [0.05, 0.1) is 16.6 Å². The zero-order valence-electron chi connectivity index (χ0n) is 12.3. The number of para-hydroxylation sites is 1. The molecule has 0 saturated carbocycles. The maximum absolute atomic E-state index is 12.4. The van der Waals surface area contributed by atoms with Crippen LogP contribution in [0.25, 0.3) is 11.0 Å². The second-order valence-corrected chi connectivity index (χ2v) is 5.02. The average Bonchev–Trinajstić information content (AvgIpc) is 2.88. The third-order valence-corrected chi connectivity index (χ3v) is 3.26. The van der Waals surface area contributed by atoms with Gasteiger partial charge in [-0.25, -0.2) is 4.79 Å². The number of hydrogen-bond acceptors (Lipinski definition) is 3. The van der Waals surface area contributed by atoms with E-state index < -0.39 is 0 Å². The Hall–Kier alpha value is -3.35. The smallest absolute Gasteiger partial charge is 0.323 e. The van der Waals surface area contributed by atoms with E-state index in [0.717, 1.165) is 0 Å². The van der Waals surface area contributed by atoms with Gasteiger partial charge in [-0.3, -0.25) is 9.59 Å². The number of amides is 2. The molecule has 0 radical (unpaired) electrons. The quantitative estimate of drug-likeness (QED) is 0.595. The molecule has 0 atom stereocenters. The zero-order chi connectivity index (χ0) is 16.4. The van der Waals surface area contributed by atoms with E-state index in [2.05, 4.69) is 20.6 Å². The van der Waals surface area contributed by atoms with Crippen molar-refractivity contribution in [3.05, 3.63) is 58.5 Å². The monoisotopic (exact) mass is 310 g/mol. The van der Waals surface area contributed by atoms with Crippen molar-refractivity contribution in [2.45, 2.75) is 6.92 Å². The molecule has 3 rings (SSSR count). The molecule has 0 spiro atoms. The number of hydrogen-bond donors (Lipinski definition) is 4. The first-order chi connectivity index (χ1) is 11.0. The molecule has 2 aromatic carbocycles. The number of nitrogens with one attached hydrogen (secondary N) is 4. The Bertz CT molecular complexity index is 938. The van der Waals surface area contributed by atoms with Crippen LogP contribution < -0.4 is 16.3 Å². The van der Waals surface area contributed by atoms with Gasteiger partial charge in [-0.15, -0.1) is 0 Å². The minimum Gasteiger partial charge on any atom is -0.326 e. The Labute approximate surface area is 130 Å². The first-order valence-electron chi connectivity index (χ1n) is 6.93. The highest BCUT2D eigenvalue weighted by atomic mass is 16.2. The minimum atomic E-state index is -0.361. The van der Waals surface area contributed by atoms with E-state index in [1.165, 1.54) is 6.92 Å². The molecule has 7 heteroatoms. The zero-order valence-corrected chi connectivity index (χ0v) is 12.3. The number of carbonyl (C=O) groups is 2. The Morgan fingerprint density at radius 2 is 1.57 bits per heavy atom. The Balaban J connectivity index is 1.83. The van der Waals surface area contributed by atoms with Crippen molar-refractivity contribution in [1.82, 2.24) is 9.97 Å². The Kier molecular flexibility index (Phi) is 3.68. The maximum Gasteiger partial charge on any atom is 0.323 e. The largest absolute Gasteiger partial charge is 0.326 e. The standard InChI is InChI=1S/C16H14N4O3/c1-9(21)17-10-5-7-11(8-6-10)18-15(22)12-3-2-4-13-14(12)20-16(23)19-13/h2-8H,1H3,(H,17,21)(H,18,22)(H2,19,20,23). The number of fused-ring (bicyclic) bond motifs is 1. The summed E-state index contributed by atoms with van der Waals surface area (Å²) in [6.07, 6.45) is 0. The molecule has 0 bridgehead atoms. The molecule has 1 heterocycles. The Morgan fingerprint density at radius 3 is 2.22 bits per heavy atom. The van der Waals surface area contributed by atoms with Crippen molar-refractivity contribution < 1.29 is 9.59 Å². The number of rotatable bonds is 3. The molecular formula is C16H14N4O3. The first-order valence-corrected chi connectivity index (χ1v) is 6.93. The number of carbonyl (C=O) groups excluding carboxylic acids is 2. The number of anilines is 2. The Morgan fingerprint density at radius 1 is 0.913 bits per heavy atom. The lowest BCUT2D eigenvalue weighted by Gasteiger charge is -2.07. The molecule has 1 aromatic heterocycles. The summed E-state index contributed by atoms with van der Waals surface area (Å²) in [6, 6.07) is 11.8. The molecule has 0 aliphatic heterocycles. The lowest BCUT2D eigenvalue weighted by molar-refractivity contribution is -0.114. The topological polar surface area (TPSA) is 107 Å². The van der Waals surface area contributed by atoms with Crippen molar-refractivity contribution in [3.8, 4) is 0 Å². The van der Waals surface area contributed by atoms with Crippen LogP contribution in [0.5, 0.6) is 0 Å². The summed E-state index contributed by atoms with van der Waals surface area (Å²) >= 11 is 0. The summed E-state index contributed by atoms with van der Waals surface area (Å²) in [7, 11) is 0. The van der Waals surface area contributed by atoms with Crippen LogP contribution in [-0.4, -0.2) is 21.8 Å². The summed E-state index contributed by atoms with van der Waals surface area (Å²) in [5.74, 6) is -0.497. The third kappa shape index (κ3) is 3.13. The third-order valence-electron chi connectivity index (χ3n) is 3.26. The maximum atomic E-state index is 12.4. The fourth-order valence-corrected chi connectivity index (χ4v) is 2.29. The summed E-state index contributed by atoms with van der Waals surface area (Å²) in [6.45, 7) is 1.42. The normalized spacial score (nSPS) is 10.5. The van der Waals surface area contributed by atoms with Crippen LogP contribution in [0.4, 0.5) is 11.4 Å². The predicted molar refractivity (Wildman–Crippen MR) is 87.6 cm³/mol. The van der Waals surface area contributed by atoms with Gasteiger partial charge in [0, 0.05) is 18.3 Å². The SMILES string of the molecule is CC(=O)Nc1ccc(NC(=O)c2cccc3[nH]c(=O)[nH]c23)cc1. The minimum absolute atomic E-state index is 0.162. The summed E-state index contributed by atoms with van der Waals surface area (Å²) in [4.78, 5) is 39.9. The summed E-state index contributed by atoms with van der Waals surface area (Å²) in [5, 5.41) is 5.40. The molecule has 2 amide bonds. The molecular weight excluding hydrogens is 296 g/mol. The highest BCUT2D eigenvalue weighted by molar-refractivity contribution is 6.11. The predicted octanol–water partition coefficient (Wildman–Crippen LogP) is 2.07. The van der Waals surface area contributed by atoms with Gasteiger partial charge in [-0.1, -0.05) is 6.07 Å². The van der Waals surface area contributed by atoms with E-state index in [1.54, 1.807) is 42.5 Å². The highest BCUT2D eigenvalue weighted by Crippen LogP contribution is 2.17. The van der Waals surface area contributed by atoms with Crippen LogP contribution in [0.15, 0.2) is 47.3 Å². The number of aromatic nitrogens is 2. The van der Waals surface area contributed by atoms with Gasteiger partial charge < -0.3 is 20.6 Å².